The molecule has 0 spiro atoms. The molecule has 0 bridgehead atoms. The Morgan fingerprint density at radius 3 is 2.11 bits per heavy atom. The predicted molar refractivity (Wildman–Crippen MR) is 86.9 cm³/mol. The summed E-state index contributed by atoms with van der Waals surface area (Å²) < 4.78 is 0. The molecule has 0 N–H and O–H groups in total. The van der Waals surface area contributed by atoms with Crippen molar-refractivity contribution in [2.24, 2.45) is 0 Å². The zero-order chi connectivity index (χ0) is 13.1. The monoisotopic (exact) mass is 244 g/mol. The molecule has 1 aromatic carbocycles. The molecule has 0 aliphatic carbocycles. The third-order valence-electron chi connectivity index (χ3n) is 2.42. The van der Waals surface area contributed by atoms with Crippen LogP contribution in [-0.4, -0.2) is 0 Å². The summed E-state index contributed by atoms with van der Waals surface area (Å²) in [5.74, 6) is 0. The second-order valence-corrected chi connectivity index (χ2v) is 3.39. The molecule has 0 fully saturated rings. The van der Waals surface area contributed by atoms with Gasteiger partial charge in [0.05, 0.1) is 0 Å². The van der Waals surface area contributed by atoms with Crippen LogP contribution in [0.2, 0.25) is 0 Å². The highest BCUT2D eigenvalue weighted by molar-refractivity contribution is 5.74. The standard InChI is InChI=1S/C15H18.C2H6.CH4/c1-4-7-8-14(6-3)15-11-9-13(5-2)10-12-15;1-2;/h4,6-12H,1,5H2,2-3H3;1-2H3;1H4/b8-7-,14-6+;;. The summed E-state index contributed by atoms with van der Waals surface area (Å²) in [7, 11) is 0. The number of aryl methyl sites for hydroxylation is 1. The van der Waals surface area contributed by atoms with Crippen molar-refractivity contribution < 1.29 is 0 Å². The molecule has 1 rings (SSSR count). The number of hydrogen-bond acceptors (Lipinski definition) is 0. The lowest BCUT2D eigenvalue weighted by Crippen LogP contribution is -1.83. The summed E-state index contributed by atoms with van der Waals surface area (Å²) in [6.07, 6.45) is 9.04. The molecule has 0 nitrogen and oxygen atoms in total. The molecular formula is C18H28. The number of benzene rings is 1. The lowest BCUT2D eigenvalue weighted by molar-refractivity contribution is 1.14. The molecule has 0 amide bonds. The Labute approximate surface area is 114 Å². The van der Waals surface area contributed by atoms with Gasteiger partial charge in [-0.3, -0.25) is 0 Å². The van der Waals surface area contributed by atoms with Crippen LogP contribution in [0.15, 0.2) is 55.1 Å². The normalized spacial score (nSPS) is 10.3. The molecule has 0 aliphatic rings. The molecule has 100 valence electrons. The maximum Gasteiger partial charge on any atom is -0.0187 e. The van der Waals surface area contributed by atoms with Crippen LogP contribution in [0.3, 0.4) is 0 Å². The molecule has 0 radical (unpaired) electrons. The van der Waals surface area contributed by atoms with Crippen LogP contribution in [0.4, 0.5) is 0 Å². The van der Waals surface area contributed by atoms with Crippen molar-refractivity contribution >= 4 is 5.57 Å². The van der Waals surface area contributed by atoms with Crippen molar-refractivity contribution in [3.05, 3.63) is 66.3 Å². The van der Waals surface area contributed by atoms with Crippen LogP contribution in [-0.2, 0) is 6.42 Å². The van der Waals surface area contributed by atoms with Gasteiger partial charge in [-0.25, -0.2) is 0 Å². The SMILES string of the molecule is C.C=C/C=C\C(=C/C)c1ccc(CC)cc1.CC. The van der Waals surface area contributed by atoms with E-state index in [9.17, 15) is 0 Å². The Hall–Kier alpha value is -1.56. The van der Waals surface area contributed by atoms with E-state index >= 15 is 0 Å². The fourth-order valence-corrected chi connectivity index (χ4v) is 1.46. The van der Waals surface area contributed by atoms with Crippen LogP contribution in [0, 0.1) is 0 Å². The smallest absolute Gasteiger partial charge is 0.0187 e. The van der Waals surface area contributed by atoms with E-state index in [4.69, 9.17) is 0 Å². The van der Waals surface area contributed by atoms with Crippen molar-refractivity contribution in [1.82, 2.24) is 0 Å². The Morgan fingerprint density at radius 1 is 1.17 bits per heavy atom. The van der Waals surface area contributed by atoms with Gasteiger partial charge in [0.2, 0.25) is 0 Å². The first-order valence-electron chi connectivity index (χ1n) is 6.36. The minimum atomic E-state index is 0. The largest absolute Gasteiger partial charge is 0.0991 e. The van der Waals surface area contributed by atoms with Crippen molar-refractivity contribution in [2.45, 2.75) is 41.5 Å². The Kier molecular flexibility index (Phi) is 12.4. The molecule has 0 atom stereocenters. The molecule has 0 heteroatoms. The van der Waals surface area contributed by atoms with E-state index in [1.54, 1.807) is 6.08 Å². The lowest BCUT2D eigenvalue weighted by Gasteiger charge is -2.03. The lowest BCUT2D eigenvalue weighted by atomic mass is 10.0. The fourth-order valence-electron chi connectivity index (χ4n) is 1.46. The predicted octanol–water partition coefficient (Wildman–Crippen LogP) is 6.06. The minimum absolute atomic E-state index is 0. The average molecular weight is 244 g/mol. The van der Waals surface area contributed by atoms with Gasteiger partial charge in [0.1, 0.15) is 0 Å². The summed E-state index contributed by atoms with van der Waals surface area (Å²) in [4.78, 5) is 0. The first-order valence-corrected chi connectivity index (χ1v) is 6.36. The van der Waals surface area contributed by atoms with Crippen molar-refractivity contribution in [3.8, 4) is 0 Å². The Bertz CT molecular complexity index is 364. The summed E-state index contributed by atoms with van der Waals surface area (Å²) in [6, 6.07) is 8.70. The highest BCUT2D eigenvalue weighted by Crippen LogP contribution is 2.16. The molecule has 0 unspecified atom stereocenters. The fraction of sp³-hybridized carbons (Fsp3) is 0.333. The van der Waals surface area contributed by atoms with Gasteiger partial charge in [-0.05, 0) is 30.0 Å². The quantitative estimate of drug-likeness (QED) is 0.565. The third kappa shape index (κ3) is 6.24. The molecule has 18 heavy (non-hydrogen) atoms. The van der Waals surface area contributed by atoms with Gasteiger partial charge in [0, 0.05) is 0 Å². The Morgan fingerprint density at radius 2 is 1.72 bits per heavy atom. The maximum absolute atomic E-state index is 3.67. The van der Waals surface area contributed by atoms with E-state index in [1.165, 1.54) is 16.7 Å². The first-order chi connectivity index (χ1) is 8.31. The summed E-state index contributed by atoms with van der Waals surface area (Å²) in [6.45, 7) is 11.9. The van der Waals surface area contributed by atoms with E-state index in [1.807, 2.05) is 19.9 Å². The zero-order valence-corrected chi connectivity index (χ0v) is 11.5. The van der Waals surface area contributed by atoms with E-state index in [-0.39, 0.29) is 7.43 Å². The second-order valence-electron chi connectivity index (χ2n) is 3.39. The van der Waals surface area contributed by atoms with Gasteiger partial charge in [-0.15, -0.1) is 0 Å². The van der Waals surface area contributed by atoms with Crippen LogP contribution in [0.5, 0.6) is 0 Å². The summed E-state index contributed by atoms with van der Waals surface area (Å²) in [5, 5.41) is 0. The number of allylic oxidation sites excluding steroid dienone is 5. The molecule has 0 saturated heterocycles. The Balaban J connectivity index is 0. The molecule has 0 aliphatic heterocycles. The molecule has 0 saturated carbocycles. The van der Waals surface area contributed by atoms with Gasteiger partial charge in [0.25, 0.3) is 0 Å². The van der Waals surface area contributed by atoms with Crippen LogP contribution in [0.25, 0.3) is 5.57 Å². The zero-order valence-electron chi connectivity index (χ0n) is 11.5. The van der Waals surface area contributed by atoms with E-state index < -0.39 is 0 Å². The average Bonchev–Trinajstić information content (AvgIpc) is 2.42. The minimum Gasteiger partial charge on any atom is -0.0991 e. The number of hydrogen-bond donors (Lipinski definition) is 0. The van der Waals surface area contributed by atoms with Crippen molar-refractivity contribution in [1.29, 1.82) is 0 Å². The van der Waals surface area contributed by atoms with Crippen molar-refractivity contribution in [2.75, 3.05) is 0 Å². The molecular weight excluding hydrogens is 216 g/mol. The van der Waals surface area contributed by atoms with Crippen molar-refractivity contribution in [3.63, 3.8) is 0 Å². The molecule has 1 aromatic rings. The molecule has 0 heterocycles. The maximum atomic E-state index is 3.67. The summed E-state index contributed by atoms with van der Waals surface area (Å²) in [5.41, 5.74) is 3.87. The number of rotatable bonds is 4. The van der Waals surface area contributed by atoms with Gasteiger partial charge >= 0.3 is 0 Å². The molecule has 0 aromatic heterocycles. The highest BCUT2D eigenvalue weighted by Gasteiger charge is 1.96. The van der Waals surface area contributed by atoms with E-state index in [0.29, 0.717) is 0 Å². The van der Waals surface area contributed by atoms with Gasteiger partial charge < -0.3 is 0 Å². The second kappa shape index (κ2) is 11.9. The first kappa shape index (κ1) is 18.8. The van der Waals surface area contributed by atoms with Gasteiger partial charge in [0.15, 0.2) is 0 Å². The van der Waals surface area contributed by atoms with E-state index in [0.717, 1.165) is 6.42 Å². The topological polar surface area (TPSA) is 0 Å². The van der Waals surface area contributed by atoms with Crippen LogP contribution >= 0.6 is 0 Å². The van der Waals surface area contributed by atoms with Gasteiger partial charge in [-0.1, -0.05) is 83.3 Å². The highest BCUT2D eigenvalue weighted by atomic mass is 14.0. The van der Waals surface area contributed by atoms with Crippen LogP contribution in [0.1, 0.15) is 46.2 Å². The van der Waals surface area contributed by atoms with Crippen LogP contribution < -0.4 is 0 Å². The third-order valence-corrected chi connectivity index (χ3v) is 2.42. The summed E-state index contributed by atoms with van der Waals surface area (Å²) >= 11 is 0. The van der Waals surface area contributed by atoms with Gasteiger partial charge in [-0.2, -0.15) is 0 Å². The van der Waals surface area contributed by atoms with E-state index in [2.05, 4.69) is 56.8 Å².